The number of pyridine rings is 1. The van der Waals surface area contributed by atoms with Crippen molar-refractivity contribution in [3.63, 3.8) is 0 Å². The van der Waals surface area contributed by atoms with Crippen LogP contribution in [0.15, 0.2) is 29.8 Å². The third-order valence-corrected chi connectivity index (χ3v) is 4.04. The topological polar surface area (TPSA) is 69.0 Å². The average molecular weight is 316 g/mol. The molecule has 7 heteroatoms. The van der Waals surface area contributed by atoms with E-state index in [4.69, 9.17) is 4.84 Å². The lowest BCUT2D eigenvalue weighted by Gasteiger charge is -2.07. The molecule has 0 aromatic carbocycles. The Morgan fingerprint density at radius 3 is 3.09 bits per heavy atom. The second kappa shape index (κ2) is 6.25. The number of aromatic nitrogens is 3. The van der Waals surface area contributed by atoms with Crippen LogP contribution in [0.4, 0.5) is 0 Å². The lowest BCUT2D eigenvalue weighted by Crippen LogP contribution is -2.24. The van der Waals surface area contributed by atoms with Gasteiger partial charge in [-0.05, 0) is 31.4 Å². The molecule has 1 N–H and O–H groups in total. The number of amides is 1. The van der Waals surface area contributed by atoms with Gasteiger partial charge in [-0.1, -0.05) is 6.07 Å². The highest BCUT2D eigenvalue weighted by molar-refractivity contribution is 7.09. The van der Waals surface area contributed by atoms with Crippen molar-refractivity contribution in [2.45, 2.75) is 20.4 Å². The molecule has 114 valence electrons. The summed E-state index contributed by atoms with van der Waals surface area (Å²) < 4.78 is 1.81. The van der Waals surface area contributed by atoms with Crippen LogP contribution in [0.3, 0.4) is 0 Å². The molecule has 3 aromatic rings. The van der Waals surface area contributed by atoms with Gasteiger partial charge in [0.15, 0.2) is 5.65 Å². The van der Waals surface area contributed by atoms with E-state index < -0.39 is 0 Å². The summed E-state index contributed by atoms with van der Waals surface area (Å²) in [5.74, 6) is -0.284. The zero-order chi connectivity index (χ0) is 15.5. The van der Waals surface area contributed by atoms with Crippen LogP contribution in [0.1, 0.15) is 27.9 Å². The van der Waals surface area contributed by atoms with Crippen LogP contribution in [-0.2, 0) is 11.4 Å². The Labute approximate surface area is 131 Å². The van der Waals surface area contributed by atoms with Crippen LogP contribution in [0.25, 0.3) is 11.0 Å². The molecular formula is C15H16N4O2S. The zero-order valence-corrected chi connectivity index (χ0v) is 13.2. The van der Waals surface area contributed by atoms with Gasteiger partial charge in [-0.25, -0.2) is 15.1 Å². The zero-order valence-electron chi connectivity index (χ0n) is 12.4. The van der Waals surface area contributed by atoms with Crippen LogP contribution in [0.5, 0.6) is 0 Å². The molecule has 22 heavy (non-hydrogen) atoms. The summed E-state index contributed by atoms with van der Waals surface area (Å²) in [6.07, 6.45) is 1.68. The first-order chi connectivity index (χ1) is 10.7. The van der Waals surface area contributed by atoms with E-state index in [0.29, 0.717) is 24.4 Å². The Balaban J connectivity index is 2.00. The minimum absolute atomic E-state index is 0.284. The number of nitrogens with zero attached hydrogens (tertiary/aromatic N) is 3. The van der Waals surface area contributed by atoms with Crippen LogP contribution >= 0.6 is 11.3 Å². The number of nitrogens with one attached hydrogen (secondary N) is 1. The summed E-state index contributed by atoms with van der Waals surface area (Å²) in [7, 11) is 0. The summed E-state index contributed by atoms with van der Waals surface area (Å²) in [6, 6.07) is 5.80. The second-order valence-electron chi connectivity index (χ2n) is 4.79. The molecule has 1 amide bonds. The number of aryl methyl sites for hydroxylation is 1. The van der Waals surface area contributed by atoms with Crippen molar-refractivity contribution in [3.05, 3.63) is 45.9 Å². The number of fused-ring (bicyclic) bond motifs is 1. The van der Waals surface area contributed by atoms with Crippen LogP contribution in [0.2, 0.25) is 0 Å². The van der Waals surface area contributed by atoms with Crippen LogP contribution < -0.4 is 5.48 Å². The molecule has 0 aliphatic rings. The van der Waals surface area contributed by atoms with Gasteiger partial charge >= 0.3 is 0 Å². The Hall–Kier alpha value is -2.25. The largest absolute Gasteiger partial charge is 0.275 e. The molecule has 0 radical (unpaired) electrons. The van der Waals surface area contributed by atoms with Crippen molar-refractivity contribution in [3.8, 4) is 0 Å². The van der Waals surface area contributed by atoms with Crippen molar-refractivity contribution in [2.24, 2.45) is 0 Å². The van der Waals surface area contributed by atoms with Gasteiger partial charge in [0.05, 0.1) is 30.3 Å². The molecule has 0 fully saturated rings. The summed E-state index contributed by atoms with van der Waals surface area (Å²) in [6.45, 7) is 4.73. The molecule has 6 nitrogen and oxygen atoms in total. The van der Waals surface area contributed by atoms with Gasteiger partial charge in [0.25, 0.3) is 5.91 Å². The predicted octanol–water partition coefficient (Wildman–Crippen LogP) is 2.53. The molecule has 0 aliphatic heterocycles. The van der Waals surface area contributed by atoms with E-state index in [1.807, 2.05) is 30.0 Å². The van der Waals surface area contributed by atoms with Gasteiger partial charge in [-0.3, -0.25) is 9.63 Å². The van der Waals surface area contributed by atoms with E-state index >= 15 is 0 Å². The fourth-order valence-corrected chi connectivity index (χ4v) is 2.91. The first kappa shape index (κ1) is 14.7. The quantitative estimate of drug-likeness (QED) is 0.734. The van der Waals surface area contributed by atoms with Crippen molar-refractivity contribution >= 4 is 28.3 Å². The predicted molar refractivity (Wildman–Crippen MR) is 84.8 cm³/mol. The third kappa shape index (κ3) is 2.86. The first-order valence-electron chi connectivity index (χ1n) is 6.96. The van der Waals surface area contributed by atoms with E-state index in [9.17, 15) is 4.79 Å². The number of thiophene rings is 1. The summed E-state index contributed by atoms with van der Waals surface area (Å²) in [4.78, 5) is 22.9. The van der Waals surface area contributed by atoms with Gasteiger partial charge in [0.1, 0.15) is 0 Å². The summed E-state index contributed by atoms with van der Waals surface area (Å²) >= 11 is 1.67. The van der Waals surface area contributed by atoms with Gasteiger partial charge in [-0.15, -0.1) is 11.3 Å². The number of hydrogen-bond acceptors (Lipinski definition) is 5. The van der Waals surface area contributed by atoms with Crippen molar-refractivity contribution in [1.29, 1.82) is 0 Å². The minimum Gasteiger partial charge on any atom is -0.274 e. The normalized spacial score (nSPS) is 11.0. The maximum atomic E-state index is 12.2. The van der Waals surface area contributed by atoms with Crippen LogP contribution in [0, 0.1) is 6.92 Å². The number of carbonyl (C=O) groups excluding carboxylic acids is 1. The highest BCUT2D eigenvalue weighted by atomic mass is 32.1. The van der Waals surface area contributed by atoms with E-state index in [0.717, 1.165) is 11.1 Å². The number of rotatable bonds is 5. The fourth-order valence-electron chi connectivity index (χ4n) is 2.22. The van der Waals surface area contributed by atoms with Gasteiger partial charge in [0, 0.05) is 10.6 Å². The lowest BCUT2D eigenvalue weighted by atomic mass is 10.1. The Bertz CT molecular complexity index is 795. The molecule has 3 heterocycles. The maximum absolute atomic E-state index is 12.2. The molecule has 0 bridgehead atoms. The third-order valence-electron chi connectivity index (χ3n) is 3.18. The second-order valence-corrected chi connectivity index (χ2v) is 5.83. The smallest absolute Gasteiger partial charge is 0.274 e. The van der Waals surface area contributed by atoms with Crippen molar-refractivity contribution in [1.82, 2.24) is 20.2 Å². The monoisotopic (exact) mass is 316 g/mol. The molecule has 0 unspecified atom stereocenters. The maximum Gasteiger partial charge on any atom is 0.275 e. The first-order valence-corrected chi connectivity index (χ1v) is 7.84. The van der Waals surface area contributed by atoms with Gasteiger partial charge in [-0.2, -0.15) is 5.10 Å². The molecule has 0 saturated heterocycles. The summed E-state index contributed by atoms with van der Waals surface area (Å²) in [5.41, 5.74) is 4.41. The van der Waals surface area contributed by atoms with E-state index in [1.54, 1.807) is 23.6 Å². The van der Waals surface area contributed by atoms with E-state index in [-0.39, 0.29) is 5.91 Å². The summed E-state index contributed by atoms with van der Waals surface area (Å²) in [5, 5.41) is 7.12. The number of hydroxylamine groups is 1. The SMILES string of the molecule is CCONC(=O)c1cc(C)nc2c1cnn2Cc1cccs1. The Morgan fingerprint density at radius 2 is 2.36 bits per heavy atom. The Kier molecular flexibility index (Phi) is 4.17. The molecule has 3 aromatic heterocycles. The van der Waals surface area contributed by atoms with E-state index in [1.165, 1.54) is 4.88 Å². The average Bonchev–Trinajstić information content (AvgIpc) is 3.15. The van der Waals surface area contributed by atoms with Gasteiger partial charge < -0.3 is 0 Å². The number of carbonyl (C=O) groups is 1. The fraction of sp³-hybridized carbons (Fsp3) is 0.267. The Morgan fingerprint density at radius 1 is 1.50 bits per heavy atom. The highest BCUT2D eigenvalue weighted by Gasteiger charge is 2.16. The van der Waals surface area contributed by atoms with Gasteiger partial charge in [0.2, 0.25) is 0 Å². The molecule has 0 aliphatic carbocycles. The highest BCUT2D eigenvalue weighted by Crippen LogP contribution is 2.20. The number of hydrogen-bond donors (Lipinski definition) is 1. The van der Waals surface area contributed by atoms with Crippen molar-refractivity contribution in [2.75, 3.05) is 6.61 Å². The molecule has 0 saturated carbocycles. The minimum atomic E-state index is -0.284. The van der Waals surface area contributed by atoms with E-state index in [2.05, 4.69) is 21.6 Å². The molecule has 3 rings (SSSR count). The molecular weight excluding hydrogens is 300 g/mol. The standard InChI is InChI=1S/C15H16N4O2S/c1-3-21-18-15(20)12-7-10(2)17-14-13(12)8-16-19(14)9-11-5-4-6-22-11/h4-8H,3,9H2,1-2H3,(H,18,20). The lowest BCUT2D eigenvalue weighted by molar-refractivity contribution is 0.0366. The molecule has 0 atom stereocenters. The molecule has 0 spiro atoms. The van der Waals surface area contributed by atoms with Crippen LogP contribution in [-0.4, -0.2) is 27.3 Å². The van der Waals surface area contributed by atoms with Crippen molar-refractivity contribution < 1.29 is 9.63 Å².